The molecule has 2 N–H and O–H groups in total. The van der Waals surface area contributed by atoms with Crippen LogP contribution in [0.5, 0.6) is 0 Å². The van der Waals surface area contributed by atoms with Crippen molar-refractivity contribution >= 4 is 17.3 Å². The van der Waals surface area contributed by atoms with Gasteiger partial charge in [-0.3, -0.25) is 4.79 Å². The number of hydrogen-bond acceptors (Lipinski definition) is 4. The monoisotopic (exact) mass is 362 g/mol. The van der Waals surface area contributed by atoms with Crippen molar-refractivity contribution < 1.29 is 4.79 Å². The van der Waals surface area contributed by atoms with Crippen molar-refractivity contribution in [1.29, 1.82) is 0 Å². The fourth-order valence-electron chi connectivity index (χ4n) is 6.02. The van der Waals surface area contributed by atoms with E-state index in [1.165, 1.54) is 38.5 Å². The molecule has 0 aliphatic heterocycles. The molecule has 4 bridgehead atoms. The number of amides is 1. The molecule has 0 saturated heterocycles. The molecule has 4 aliphatic carbocycles. The lowest BCUT2D eigenvalue weighted by atomic mass is 9.53. The van der Waals surface area contributed by atoms with Crippen LogP contribution >= 0.6 is 0 Å². The van der Waals surface area contributed by atoms with Crippen LogP contribution in [-0.4, -0.2) is 21.4 Å². The second-order valence-corrected chi connectivity index (χ2v) is 8.81. The summed E-state index contributed by atoms with van der Waals surface area (Å²) in [6.07, 6.45) is 9.70. The fourth-order valence-corrected chi connectivity index (χ4v) is 6.02. The van der Waals surface area contributed by atoms with Crippen LogP contribution in [0.25, 0.3) is 0 Å². The minimum Gasteiger partial charge on any atom is -0.378 e. The van der Waals surface area contributed by atoms with E-state index in [4.69, 9.17) is 0 Å². The molecule has 0 spiro atoms. The lowest BCUT2D eigenvalue weighted by Crippen LogP contribution is -2.54. The van der Waals surface area contributed by atoms with Crippen molar-refractivity contribution in [2.75, 3.05) is 10.6 Å². The van der Waals surface area contributed by atoms with E-state index in [1.807, 2.05) is 18.2 Å². The van der Waals surface area contributed by atoms with Gasteiger partial charge in [0.2, 0.25) is 0 Å². The number of rotatable bonds is 4. The van der Waals surface area contributed by atoms with E-state index in [9.17, 15) is 4.79 Å². The summed E-state index contributed by atoms with van der Waals surface area (Å²) in [4.78, 5) is 21.0. The number of nitrogens with zero attached hydrogens (tertiary/aromatic N) is 2. The molecule has 27 heavy (non-hydrogen) atoms. The fraction of sp³-hybridized carbons (Fsp3) is 0.500. The minimum atomic E-state index is -0.194. The van der Waals surface area contributed by atoms with Gasteiger partial charge in [-0.15, -0.1) is 0 Å². The number of carbonyl (C=O) groups excluding carboxylic acids is 1. The highest BCUT2D eigenvalue weighted by molar-refractivity contribution is 6.04. The molecule has 4 fully saturated rings. The van der Waals surface area contributed by atoms with Crippen LogP contribution in [0.15, 0.2) is 36.5 Å². The first-order chi connectivity index (χ1) is 13.1. The van der Waals surface area contributed by atoms with Gasteiger partial charge in [0.15, 0.2) is 0 Å². The molecule has 140 valence electrons. The number of hydrogen-bond donors (Lipinski definition) is 2. The van der Waals surface area contributed by atoms with Crippen LogP contribution in [0.3, 0.4) is 0 Å². The molecule has 4 saturated carbocycles. The molecule has 0 atom stereocenters. The number of benzene rings is 1. The SMILES string of the molecule is Cc1nccc(C(=O)Nc2ccccc2NC23CC4CC(CC(C4)C2)C3)n1. The molecule has 5 heteroatoms. The molecular formula is C22H26N4O. The Morgan fingerprint density at radius 3 is 2.26 bits per heavy atom. The smallest absolute Gasteiger partial charge is 0.274 e. The Hall–Kier alpha value is -2.43. The second kappa shape index (κ2) is 6.32. The maximum Gasteiger partial charge on any atom is 0.274 e. The van der Waals surface area contributed by atoms with Crippen LogP contribution < -0.4 is 10.6 Å². The van der Waals surface area contributed by atoms with Crippen molar-refractivity contribution in [2.45, 2.75) is 51.0 Å². The van der Waals surface area contributed by atoms with Crippen LogP contribution in [-0.2, 0) is 0 Å². The van der Waals surface area contributed by atoms with E-state index in [-0.39, 0.29) is 11.4 Å². The zero-order valence-corrected chi connectivity index (χ0v) is 15.7. The van der Waals surface area contributed by atoms with E-state index in [2.05, 4.69) is 26.7 Å². The highest BCUT2D eigenvalue weighted by atomic mass is 16.1. The Labute approximate surface area is 160 Å². The van der Waals surface area contributed by atoms with Gasteiger partial charge < -0.3 is 10.6 Å². The van der Waals surface area contributed by atoms with E-state index in [0.717, 1.165) is 29.1 Å². The lowest BCUT2D eigenvalue weighted by Gasteiger charge is -2.57. The third-order valence-electron chi connectivity index (χ3n) is 6.62. The molecule has 1 amide bonds. The lowest BCUT2D eigenvalue weighted by molar-refractivity contribution is 0.0107. The molecule has 0 radical (unpaired) electrons. The van der Waals surface area contributed by atoms with Crippen molar-refractivity contribution in [3.05, 3.63) is 48.0 Å². The summed E-state index contributed by atoms with van der Waals surface area (Å²) in [5, 5.41) is 6.92. The number of aryl methyl sites for hydroxylation is 1. The topological polar surface area (TPSA) is 66.9 Å². The summed E-state index contributed by atoms with van der Waals surface area (Å²) < 4.78 is 0. The Kier molecular flexibility index (Phi) is 3.92. The summed E-state index contributed by atoms with van der Waals surface area (Å²) in [5.41, 5.74) is 2.46. The second-order valence-electron chi connectivity index (χ2n) is 8.81. The third kappa shape index (κ3) is 3.20. The van der Waals surface area contributed by atoms with Crippen molar-refractivity contribution in [3.63, 3.8) is 0 Å². The summed E-state index contributed by atoms with van der Waals surface area (Å²) in [5.74, 6) is 3.06. The molecule has 4 aliphatic rings. The Bertz CT molecular complexity index is 843. The van der Waals surface area contributed by atoms with Gasteiger partial charge in [0.25, 0.3) is 5.91 Å². The maximum atomic E-state index is 12.7. The van der Waals surface area contributed by atoms with Crippen LogP contribution in [0.4, 0.5) is 11.4 Å². The standard InChI is InChI=1S/C22H26N4O/c1-14-23-7-6-20(24-14)21(27)25-18-4-2-3-5-19(18)26-22-11-15-8-16(12-22)10-17(9-15)13-22/h2-7,15-17,26H,8-13H2,1H3,(H,25,27). The number of aromatic nitrogens is 2. The molecule has 1 aromatic carbocycles. The number of para-hydroxylation sites is 2. The van der Waals surface area contributed by atoms with E-state index in [0.29, 0.717) is 11.5 Å². The summed E-state index contributed by atoms with van der Waals surface area (Å²) in [7, 11) is 0. The van der Waals surface area contributed by atoms with Crippen LogP contribution in [0.2, 0.25) is 0 Å². The highest BCUT2D eigenvalue weighted by Crippen LogP contribution is 2.56. The van der Waals surface area contributed by atoms with Gasteiger partial charge in [-0.25, -0.2) is 9.97 Å². The van der Waals surface area contributed by atoms with Crippen LogP contribution in [0, 0.1) is 24.7 Å². The first-order valence-corrected chi connectivity index (χ1v) is 10.1. The predicted octanol–water partition coefficient (Wildman–Crippen LogP) is 4.42. The number of nitrogens with one attached hydrogen (secondary N) is 2. The zero-order chi connectivity index (χ0) is 18.4. The Balaban J connectivity index is 1.38. The average molecular weight is 362 g/mol. The van der Waals surface area contributed by atoms with Crippen molar-refractivity contribution in [1.82, 2.24) is 9.97 Å². The molecule has 1 heterocycles. The van der Waals surface area contributed by atoms with Gasteiger partial charge in [0.1, 0.15) is 11.5 Å². The number of anilines is 2. The van der Waals surface area contributed by atoms with E-state index >= 15 is 0 Å². The third-order valence-corrected chi connectivity index (χ3v) is 6.62. The first kappa shape index (κ1) is 16.7. The number of carbonyl (C=O) groups is 1. The largest absolute Gasteiger partial charge is 0.378 e. The normalized spacial score (nSPS) is 30.9. The molecule has 6 rings (SSSR count). The van der Waals surface area contributed by atoms with Crippen molar-refractivity contribution in [3.8, 4) is 0 Å². The van der Waals surface area contributed by atoms with Gasteiger partial charge in [0, 0.05) is 11.7 Å². The summed E-state index contributed by atoms with van der Waals surface area (Å²) in [6, 6.07) is 9.70. The molecule has 5 nitrogen and oxygen atoms in total. The first-order valence-electron chi connectivity index (χ1n) is 10.1. The maximum absolute atomic E-state index is 12.7. The van der Waals surface area contributed by atoms with Gasteiger partial charge >= 0.3 is 0 Å². The Morgan fingerprint density at radius 1 is 1.00 bits per heavy atom. The van der Waals surface area contributed by atoms with E-state index < -0.39 is 0 Å². The molecule has 0 unspecified atom stereocenters. The van der Waals surface area contributed by atoms with Gasteiger partial charge in [-0.1, -0.05) is 12.1 Å². The van der Waals surface area contributed by atoms with Gasteiger partial charge in [-0.2, -0.15) is 0 Å². The molecule has 1 aromatic heterocycles. The average Bonchev–Trinajstić information content (AvgIpc) is 2.62. The highest BCUT2D eigenvalue weighted by Gasteiger charge is 2.51. The summed E-state index contributed by atoms with van der Waals surface area (Å²) >= 11 is 0. The van der Waals surface area contributed by atoms with Crippen LogP contribution in [0.1, 0.15) is 54.8 Å². The minimum absolute atomic E-state index is 0.194. The van der Waals surface area contributed by atoms with Crippen molar-refractivity contribution in [2.24, 2.45) is 17.8 Å². The zero-order valence-electron chi connectivity index (χ0n) is 15.7. The summed E-state index contributed by atoms with van der Waals surface area (Å²) in [6.45, 7) is 1.79. The van der Waals surface area contributed by atoms with Gasteiger partial charge in [-0.05, 0) is 81.4 Å². The molecular weight excluding hydrogens is 336 g/mol. The van der Waals surface area contributed by atoms with E-state index in [1.54, 1.807) is 19.2 Å². The predicted molar refractivity (Wildman–Crippen MR) is 106 cm³/mol. The quantitative estimate of drug-likeness (QED) is 0.845. The van der Waals surface area contributed by atoms with Gasteiger partial charge in [0.05, 0.1) is 11.4 Å². The Morgan fingerprint density at radius 2 is 1.63 bits per heavy atom. The molecule has 2 aromatic rings.